The highest BCUT2D eigenvalue weighted by molar-refractivity contribution is 7.80. The normalized spacial score (nSPS) is 10.3. The Morgan fingerprint density at radius 3 is 2.70 bits per heavy atom. The number of imidazole rings is 1. The highest BCUT2D eigenvalue weighted by Crippen LogP contribution is 2.22. The van der Waals surface area contributed by atoms with Gasteiger partial charge in [-0.15, -0.1) is 0 Å². The van der Waals surface area contributed by atoms with Gasteiger partial charge in [-0.25, -0.2) is 4.98 Å². The van der Waals surface area contributed by atoms with Crippen molar-refractivity contribution in [2.75, 3.05) is 13.7 Å². The van der Waals surface area contributed by atoms with Gasteiger partial charge in [-0.3, -0.25) is 0 Å². The van der Waals surface area contributed by atoms with Crippen molar-refractivity contribution < 1.29 is 9.47 Å². The molecule has 2 N–H and O–H groups in total. The molecule has 0 saturated carbocycles. The van der Waals surface area contributed by atoms with Crippen molar-refractivity contribution in [3.8, 4) is 11.5 Å². The van der Waals surface area contributed by atoms with E-state index in [9.17, 15) is 0 Å². The Morgan fingerprint density at radius 1 is 1.35 bits per heavy atom. The lowest BCUT2D eigenvalue weighted by Crippen LogP contribution is -2.10. The van der Waals surface area contributed by atoms with Crippen LogP contribution in [0, 0.1) is 0 Å². The van der Waals surface area contributed by atoms with Gasteiger partial charge < -0.3 is 19.8 Å². The SMILES string of the molecule is COc1cc(OCCc2nccn2C)cc(C(N)=S)c1. The van der Waals surface area contributed by atoms with Crippen LogP contribution < -0.4 is 15.2 Å². The van der Waals surface area contributed by atoms with Crippen molar-refractivity contribution in [3.05, 3.63) is 42.0 Å². The first-order valence-electron chi connectivity index (χ1n) is 6.18. The van der Waals surface area contributed by atoms with Crippen LogP contribution in [0.3, 0.4) is 0 Å². The number of rotatable bonds is 6. The molecule has 0 spiro atoms. The molecule has 0 radical (unpaired) electrons. The molecule has 1 aromatic heterocycles. The van der Waals surface area contributed by atoms with Gasteiger partial charge in [0.1, 0.15) is 22.3 Å². The summed E-state index contributed by atoms with van der Waals surface area (Å²) in [7, 11) is 3.55. The second-order valence-electron chi connectivity index (χ2n) is 4.31. The highest BCUT2D eigenvalue weighted by atomic mass is 32.1. The van der Waals surface area contributed by atoms with Gasteiger partial charge in [-0.1, -0.05) is 12.2 Å². The monoisotopic (exact) mass is 291 g/mol. The van der Waals surface area contributed by atoms with Gasteiger partial charge in [0.05, 0.1) is 13.7 Å². The Balaban J connectivity index is 2.03. The van der Waals surface area contributed by atoms with Crippen LogP contribution in [-0.2, 0) is 13.5 Å². The fraction of sp³-hybridized carbons (Fsp3) is 0.286. The molecule has 0 aliphatic rings. The van der Waals surface area contributed by atoms with E-state index >= 15 is 0 Å². The lowest BCUT2D eigenvalue weighted by molar-refractivity contribution is 0.314. The second kappa shape index (κ2) is 6.38. The van der Waals surface area contributed by atoms with Crippen molar-refractivity contribution in [2.24, 2.45) is 12.8 Å². The number of thiocarbonyl (C=S) groups is 1. The third kappa shape index (κ3) is 3.48. The lowest BCUT2D eigenvalue weighted by atomic mass is 10.2. The average molecular weight is 291 g/mol. The second-order valence-corrected chi connectivity index (χ2v) is 4.75. The minimum Gasteiger partial charge on any atom is -0.497 e. The summed E-state index contributed by atoms with van der Waals surface area (Å²) in [6.45, 7) is 0.523. The van der Waals surface area contributed by atoms with Gasteiger partial charge in [0, 0.05) is 37.5 Å². The molecule has 1 aromatic carbocycles. The van der Waals surface area contributed by atoms with Crippen molar-refractivity contribution in [1.82, 2.24) is 9.55 Å². The van der Waals surface area contributed by atoms with Gasteiger partial charge in [-0.05, 0) is 12.1 Å². The molecular formula is C14H17N3O2S. The van der Waals surface area contributed by atoms with Crippen LogP contribution in [0.1, 0.15) is 11.4 Å². The quantitative estimate of drug-likeness (QED) is 0.821. The highest BCUT2D eigenvalue weighted by Gasteiger charge is 2.05. The first-order valence-corrected chi connectivity index (χ1v) is 6.59. The summed E-state index contributed by atoms with van der Waals surface area (Å²) in [5.41, 5.74) is 6.37. The van der Waals surface area contributed by atoms with Gasteiger partial charge in [0.15, 0.2) is 0 Å². The molecule has 20 heavy (non-hydrogen) atoms. The Labute approximate surface area is 123 Å². The van der Waals surface area contributed by atoms with Crippen molar-refractivity contribution in [2.45, 2.75) is 6.42 Å². The summed E-state index contributed by atoms with van der Waals surface area (Å²) in [5.74, 6) is 2.33. The van der Waals surface area contributed by atoms with Crippen LogP contribution in [0.4, 0.5) is 0 Å². The zero-order chi connectivity index (χ0) is 14.5. The fourth-order valence-corrected chi connectivity index (χ4v) is 1.93. The van der Waals surface area contributed by atoms with E-state index in [1.807, 2.05) is 23.9 Å². The van der Waals surface area contributed by atoms with Crippen LogP contribution in [0.2, 0.25) is 0 Å². The molecule has 0 atom stereocenters. The Morgan fingerprint density at radius 2 is 2.10 bits per heavy atom. The Bertz CT molecular complexity index is 610. The van der Waals surface area contributed by atoms with E-state index < -0.39 is 0 Å². The average Bonchev–Trinajstić information content (AvgIpc) is 2.84. The van der Waals surface area contributed by atoms with E-state index in [4.69, 9.17) is 27.4 Å². The van der Waals surface area contributed by atoms with Crippen molar-refractivity contribution in [1.29, 1.82) is 0 Å². The number of ether oxygens (including phenoxy) is 2. The number of nitrogens with two attached hydrogens (primary N) is 1. The number of nitrogens with zero attached hydrogens (tertiary/aromatic N) is 2. The number of aryl methyl sites for hydroxylation is 1. The molecule has 0 saturated heterocycles. The van der Waals surface area contributed by atoms with E-state index in [-0.39, 0.29) is 0 Å². The van der Waals surface area contributed by atoms with Gasteiger partial charge in [0.2, 0.25) is 0 Å². The van der Waals surface area contributed by atoms with E-state index in [0.717, 1.165) is 17.8 Å². The van der Waals surface area contributed by atoms with E-state index in [1.54, 1.807) is 25.4 Å². The smallest absolute Gasteiger partial charge is 0.123 e. The topological polar surface area (TPSA) is 62.3 Å². The van der Waals surface area contributed by atoms with E-state index in [2.05, 4.69) is 4.98 Å². The molecule has 5 nitrogen and oxygen atoms in total. The van der Waals surface area contributed by atoms with Crippen molar-refractivity contribution >= 4 is 17.2 Å². The van der Waals surface area contributed by atoms with E-state index in [1.165, 1.54) is 0 Å². The molecule has 0 unspecified atom stereocenters. The summed E-state index contributed by atoms with van der Waals surface area (Å²) in [6.07, 6.45) is 4.40. The molecule has 2 aromatic rings. The molecule has 0 aliphatic heterocycles. The van der Waals surface area contributed by atoms with Crippen LogP contribution in [0.15, 0.2) is 30.6 Å². The first-order chi connectivity index (χ1) is 9.60. The standard InChI is InChI=1S/C14H17N3O2S/c1-17-5-4-16-13(17)3-6-19-12-8-10(14(15)20)7-11(9-12)18-2/h4-5,7-9H,3,6H2,1-2H3,(H2,15,20). The summed E-state index contributed by atoms with van der Waals surface area (Å²) in [4.78, 5) is 4.56. The maximum Gasteiger partial charge on any atom is 0.123 e. The fourth-order valence-electron chi connectivity index (χ4n) is 1.81. The largest absolute Gasteiger partial charge is 0.497 e. The number of methoxy groups -OCH3 is 1. The maximum atomic E-state index is 5.72. The van der Waals surface area contributed by atoms with Gasteiger partial charge >= 0.3 is 0 Å². The van der Waals surface area contributed by atoms with E-state index in [0.29, 0.717) is 23.1 Å². The third-order valence-electron chi connectivity index (χ3n) is 2.92. The zero-order valence-corrected chi connectivity index (χ0v) is 12.3. The summed E-state index contributed by atoms with van der Waals surface area (Å²) >= 11 is 4.98. The minimum absolute atomic E-state index is 0.317. The molecule has 106 valence electrons. The van der Waals surface area contributed by atoms with Crippen LogP contribution in [-0.4, -0.2) is 28.3 Å². The van der Waals surface area contributed by atoms with Gasteiger partial charge in [-0.2, -0.15) is 0 Å². The van der Waals surface area contributed by atoms with Crippen LogP contribution in [0.25, 0.3) is 0 Å². The third-order valence-corrected chi connectivity index (χ3v) is 3.15. The predicted octanol–water partition coefficient (Wildman–Crippen LogP) is 1.68. The lowest BCUT2D eigenvalue weighted by Gasteiger charge is -2.10. The van der Waals surface area contributed by atoms with Crippen molar-refractivity contribution in [3.63, 3.8) is 0 Å². The minimum atomic E-state index is 0.317. The molecule has 0 fully saturated rings. The molecule has 2 rings (SSSR count). The molecule has 6 heteroatoms. The molecule has 0 bridgehead atoms. The number of aromatic nitrogens is 2. The number of hydrogen-bond donors (Lipinski definition) is 1. The molecule has 0 aliphatic carbocycles. The first kappa shape index (κ1) is 14.3. The van der Waals surface area contributed by atoms with Gasteiger partial charge in [0.25, 0.3) is 0 Å². The maximum absolute atomic E-state index is 5.72. The Kier molecular flexibility index (Phi) is 4.57. The molecule has 1 heterocycles. The zero-order valence-electron chi connectivity index (χ0n) is 11.5. The summed E-state index contributed by atoms with van der Waals surface area (Å²) < 4.78 is 12.9. The summed E-state index contributed by atoms with van der Waals surface area (Å²) in [5, 5.41) is 0. The molecule has 0 amide bonds. The molecular weight excluding hydrogens is 274 g/mol. The summed E-state index contributed by atoms with van der Waals surface area (Å²) in [6, 6.07) is 5.40. The van der Waals surface area contributed by atoms with Crippen LogP contribution >= 0.6 is 12.2 Å². The number of hydrogen-bond acceptors (Lipinski definition) is 4. The predicted molar refractivity (Wildman–Crippen MR) is 81.3 cm³/mol. The number of benzene rings is 1. The van der Waals surface area contributed by atoms with Crippen LogP contribution in [0.5, 0.6) is 11.5 Å². The Hall–Kier alpha value is -2.08.